The minimum absolute atomic E-state index is 0.206. The molecular formula is C27H25Br2N3O3. The van der Waals surface area contributed by atoms with Crippen LogP contribution < -0.4 is 15.0 Å². The zero-order chi connectivity index (χ0) is 24.8. The van der Waals surface area contributed by atoms with Gasteiger partial charge in [0.2, 0.25) is 0 Å². The van der Waals surface area contributed by atoms with Gasteiger partial charge in [-0.15, -0.1) is 0 Å². The fourth-order valence-corrected chi connectivity index (χ4v) is 4.55. The van der Waals surface area contributed by atoms with Crippen molar-refractivity contribution in [3.05, 3.63) is 96.9 Å². The summed E-state index contributed by atoms with van der Waals surface area (Å²) in [7, 11) is 0. The Morgan fingerprint density at radius 3 is 2.57 bits per heavy atom. The maximum absolute atomic E-state index is 13.2. The first kappa shape index (κ1) is 25.1. The van der Waals surface area contributed by atoms with Gasteiger partial charge in [-0.3, -0.25) is 4.79 Å². The average molecular weight is 599 g/mol. The standard InChI is InChI=1S/C27H25Br2N3O3/c1-3-8-25-31-23-12-11-20(28)15-21(23)27(33)32(25)30-16-19-13-22(29)26(24(14-19)34-4-2)35-17-18-9-6-5-7-10-18/h5-7,9-16H,3-4,8,17H2,1-2H3. The van der Waals surface area contributed by atoms with E-state index in [2.05, 4.69) is 41.9 Å². The van der Waals surface area contributed by atoms with Crippen molar-refractivity contribution in [3.8, 4) is 11.5 Å². The maximum Gasteiger partial charge on any atom is 0.282 e. The van der Waals surface area contributed by atoms with Gasteiger partial charge >= 0.3 is 0 Å². The molecule has 0 saturated carbocycles. The van der Waals surface area contributed by atoms with Gasteiger partial charge in [-0.25, -0.2) is 4.98 Å². The van der Waals surface area contributed by atoms with Crippen LogP contribution in [-0.2, 0) is 13.0 Å². The molecule has 0 saturated heterocycles. The third kappa shape index (κ3) is 6.00. The van der Waals surface area contributed by atoms with Crippen LogP contribution >= 0.6 is 31.9 Å². The van der Waals surface area contributed by atoms with Crippen molar-refractivity contribution in [2.24, 2.45) is 5.10 Å². The van der Waals surface area contributed by atoms with E-state index in [4.69, 9.17) is 9.47 Å². The number of hydrogen-bond acceptors (Lipinski definition) is 5. The number of benzene rings is 3. The molecule has 0 unspecified atom stereocenters. The minimum atomic E-state index is -0.206. The number of aryl methyl sites for hydroxylation is 1. The molecule has 0 amide bonds. The number of aromatic nitrogens is 2. The number of ether oxygens (including phenoxy) is 2. The highest BCUT2D eigenvalue weighted by Crippen LogP contribution is 2.37. The van der Waals surface area contributed by atoms with Crippen LogP contribution in [0.1, 0.15) is 37.2 Å². The monoisotopic (exact) mass is 597 g/mol. The molecule has 0 fully saturated rings. The predicted octanol–water partition coefficient (Wildman–Crippen LogP) is 6.73. The van der Waals surface area contributed by atoms with Gasteiger partial charge in [0.1, 0.15) is 12.4 Å². The molecule has 0 radical (unpaired) electrons. The first-order valence-corrected chi connectivity index (χ1v) is 13.0. The molecule has 0 aliphatic carbocycles. The molecule has 180 valence electrons. The molecule has 0 aliphatic rings. The second-order valence-electron chi connectivity index (χ2n) is 7.84. The molecule has 4 aromatic rings. The van der Waals surface area contributed by atoms with Crippen molar-refractivity contribution in [2.75, 3.05) is 6.61 Å². The van der Waals surface area contributed by atoms with Crippen LogP contribution in [0.5, 0.6) is 11.5 Å². The lowest BCUT2D eigenvalue weighted by atomic mass is 10.2. The van der Waals surface area contributed by atoms with Gasteiger partial charge in [0, 0.05) is 10.9 Å². The number of hydrogen-bond donors (Lipinski definition) is 0. The fraction of sp³-hybridized carbons (Fsp3) is 0.222. The Bertz CT molecular complexity index is 1420. The van der Waals surface area contributed by atoms with E-state index in [0.29, 0.717) is 47.9 Å². The quantitative estimate of drug-likeness (QED) is 0.200. The summed E-state index contributed by atoms with van der Waals surface area (Å²) in [6, 6.07) is 19.2. The summed E-state index contributed by atoms with van der Waals surface area (Å²) in [6.45, 7) is 4.87. The molecule has 0 spiro atoms. The van der Waals surface area contributed by atoms with Gasteiger partial charge in [-0.2, -0.15) is 9.78 Å². The van der Waals surface area contributed by atoms with Gasteiger partial charge in [-0.1, -0.05) is 53.2 Å². The molecule has 8 heteroatoms. The molecule has 4 rings (SSSR count). The maximum atomic E-state index is 13.2. The van der Waals surface area contributed by atoms with E-state index in [1.165, 1.54) is 4.68 Å². The van der Waals surface area contributed by atoms with Gasteiger partial charge < -0.3 is 9.47 Å². The van der Waals surface area contributed by atoms with Crippen LogP contribution in [-0.4, -0.2) is 22.5 Å². The summed E-state index contributed by atoms with van der Waals surface area (Å²) in [6.07, 6.45) is 3.12. The van der Waals surface area contributed by atoms with Gasteiger partial charge in [0.25, 0.3) is 5.56 Å². The van der Waals surface area contributed by atoms with Gasteiger partial charge in [0.05, 0.1) is 28.2 Å². The lowest BCUT2D eigenvalue weighted by Gasteiger charge is -2.15. The van der Waals surface area contributed by atoms with Crippen molar-refractivity contribution in [1.29, 1.82) is 0 Å². The Labute approximate surface area is 220 Å². The molecule has 1 aromatic heterocycles. The third-order valence-electron chi connectivity index (χ3n) is 5.23. The Morgan fingerprint density at radius 1 is 1.03 bits per heavy atom. The van der Waals surface area contributed by atoms with Gasteiger partial charge in [-0.05, 0) is 70.7 Å². The van der Waals surface area contributed by atoms with Crippen LogP contribution in [0.15, 0.2) is 79.5 Å². The highest BCUT2D eigenvalue weighted by Gasteiger charge is 2.14. The molecule has 1 heterocycles. The third-order valence-corrected chi connectivity index (χ3v) is 6.31. The summed E-state index contributed by atoms with van der Waals surface area (Å²) in [4.78, 5) is 17.9. The number of halogens is 2. The molecular weight excluding hydrogens is 574 g/mol. The predicted molar refractivity (Wildman–Crippen MR) is 147 cm³/mol. The van der Waals surface area contributed by atoms with Gasteiger partial charge in [0.15, 0.2) is 11.5 Å². The summed E-state index contributed by atoms with van der Waals surface area (Å²) >= 11 is 7.05. The first-order chi connectivity index (χ1) is 17.0. The Balaban J connectivity index is 1.69. The largest absolute Gasteiger partial charge is 0.490 e. The lowest BCUT2D eigenvalue weighted by Crippen LogP contribution is -2.22. The molecule has 35 heavy (non-hydrogen) atoms. The van der Waals surface area contributed by atoms with E-state index in [1.54, 1.807) is 12.3 Å². The van der Waals surface area contributed by atoms with Crippen molar-refractivity contribution in [2.45, 2.75) is 33.3 Å². The topological polar surface area (TPSA) is 65.7 Å². The summed E-state index contributed by atoms with van der Waals surface area (Å²) in [5.41, 5.74) is 2.28. The Kier molecular flexibility index (Phi) is 8.36. The van der Waals surface area contributed by atoms with Crippen LogP contribution in [0, 0.1) is 0 Å². The molecule has 0 atom stereocenters. The Hall–Kier alpha value is -2.97. The lowest BCUT2D eigenvalue weighted by molar-refractivity contribution is 0.267. The van der Waals surface area contributed by atoms with E-state index < -0.39 is 0 Å². The smallest absolute Gasteiger partial charge is 0.282 e. The summed E-state index contributed by atoms with van der Waals surface area (Å²) in [5.74, 6) is 1.84. The van der Waals surface area contributed by atoms with Crippen LogP contribution in [0.25, 0.3) is 10.9 Å². The first-order valence-electron chi connectivity index (χ1n) is 11.4. The number of rotatable bonds is 9. The van der Waals surface area contributed by atoms with Crippen molar-refractivity contribution < 1.29 is 9.47 Å². The zero-order valence-electron chi connectivity index (χ0n) is 19.5. The average Bonchev–Trinajstić information content (AvgIpc) is 2.85. The zero-order valence-corrected chi connectivity index (χ0v) is 22.7. The van der Waals surface area contributed by atoms with Crippen LogP contribution in [0.3, 0.4) is 0 Å². The van der Waals surface area contributed by atoms with E-state index in [9.17, 15) is 4.79 Å². The van der Waals surface area contributed by atoms with Crippen molar-refractivity contribution >= 4 is 49.0 Å². The van der Waals surface area contributed by atoms with Crippen molar-refractivity contribution in [1.82, 2.24) is 9.66 Å². The highest BCUT2D eigenvalue weighted by atomic mass is 79.9. The fourth-order valence-electron chi connectivity index (χ4n) is 3.62. The van der Waals surface area contributed by atoms with Crippen molar-refractivity contribution in [3.63, 3.8) is 0 Å². The Morgan fingerprint density at radius 2 is 1.83 bits per heavy atom. The molecule has 0 aliphatic heterocycles. The second-order valence-corrected chi connectivity index (χ2v) is 9.61. The van der Waals surface area contributed by atoms with Crippen LogP contribution in [0.2, 0.25) is 0 Å². The van der Waals surface area contributed by atoms with Crippen LogP contribution in [0.4, 0.5) is 0 Å². The summed E-state index contributed by atoms with van der Waals surface area (Å²) < 4.78 is 14.9. The molecule has 6 nitrogen and oxygen atoms in total. The minimum Gasteiger partial charge on any atom is -0.490 e. The van der Waals surface area contributed by atoms with E-state index in [-0.39, 0.29) is 5.56 Å². The SMILES string of the molecule is CCCc1nc2ccc(Br)cc2c(=O)n1N=Cc1cc(Br)c(OCc2ccccc2)c(OCC)c1. The second kappa shape index (κ2) is 11.6. The number of nitrogens with zero attached hydrogens (tertiary/aromatic N) is 3. The van der Waals surface area contributed by atoms with E-state index in [1.807, 2.05) is 68.4 Å². The highest BCUT2D eigenvalue weighted by molar-refractivity contribution is 9.10. The molecule has 3 aromatic carbocycles. The normalized spacial score (nSPS) is 11.3. The molecule has 0 N–H and O–H groups in total. The van der Waals surface area contributed by atoms with E-state index >= 15 is 0 Å². The van der Waals surface area contributed by atoms with E-state index in [0.717, 1.165) is 26.5 Å². The summed E-state index contributed by atoms with van der Waals surface area (Å²) in [5, 5.41) is 5.04. The number of fused-ring (bicyclic) bond motifs is 1. The molecule has 0 bridgehead atoms.